The van der Waals surface area contributed by atoms with Crippen molar-refractivity contribution in [2.45, 2.75) is 71.4 Å². The Balaban J connectivity index is 0.000000293. The first-order valence-electron chi connectivity index (χ1n) is 15.1. The van der Waals surface area contributed by atoms with Gasteiger partial charge in [0, 0.05) is 29.7 Å². The largest absolute Gasteiger partial charge is 0.466 e. The van der Waals surface area contributed by atoms with E-state index in [9.17, 15) is 9.59 Å². The highest BCUT2D eigenvalue weighted by atomic mass is 79.9. The number of nitrogens with zero attached hydrogens (tertiary/aromatic N) is 1. The number of carbonyl (C=O) groups excluding carboxylic acids is 2. The molecule has 3 aromatic carbocycles. The van der Waals surface area contributed by atoms with Gasteiger partial charge in [-0.25, -0.2) is 4.79 Å². The van der Waals surface area contributed by atoms with Gasteiger partial charge in [-0.2, -0.15) is 0 Å². The molecule has 0 amide bonds. The van der Waals surface area contributed by atoms with E-state index in [-0.39, 0.29) is 11.9 Å². The van der Waals surface area contributed by atoms with Gasteiger partial charge in [0.2, 0.25) is 0 Å². The first-order chi connectivity index (χ1) is 21.2. The van der Waals surface area contributed by atoms with E-state index in [0.717, 1.165) is 34.5 Å². The number of benzene rings is 3. The Morgan fingerprint density at radius 3 is 2.20 bits per heavy atom. The van der Waals surface area contributed by atoms with Crippen LogP contribution in [-0.2, 0) is 20.8 Å². The summed E-state index contributed by atoms with van der Waals surface area (Å²) in [4.78, 5) is 25.7. The first-order valence-corrected chi connectivity index (χ1v) is 16.6. The minimum absolute atomic E-state index is 0.292. The molecule has 1 aliphatic rings. The van der Waals surface area contributed by atoms with Gasteiger partial charge in [-0.3, -0.25) is 9.69 Å². The summed E-state index contributed by atoms with van der Waals surface area (Å²) in [6, 6.07) is 19.4. The number of hydrogen-bond donors (Lipinski definition) is 2. The summed E-state index contributed by atoms with van der Waals surface area (Å²) in [5.41, 5.74) is 10.1. The minimum Gasteiger partial charge on any atom is -0.466 e. The normalized spacial score (nSPS) is 13.1. The predicted octanol–water partition coefficient (Wildman–Crippen LogP) is 9.42. The zero-order chi connectivity index (χ0) is 31.9. The van der Waals surface area contributed by atoms with E-state index in [1.54, 1.807) is 18.2 Å². The average molecular weight is 708 g/mol. The third-order valence-corrected chi connectivity index (χ3v) is 8.69. The molecule has 0 spiro atoms. The van der Waals surface area contributed by atoms with Crippen LogP contribution >= 0.6 is 39.1 Å². The van der Waals surface area contributed by atoms with Gasteiger partial charge in [-0.05, 0) is 90.1 Å². The Hall–Kier alpha value is -2.78. The van der Waals surface area contributed by atoms with Crippen molar-refractivity contribution in [1.29, 1.82) is 0 Å². The Kier molecular flexibility index (Phi) is 15.3. The van der Waals surface area contributed by atoms with Crippen molar-refractivity contribution < 1.29 is 19.1 Å². The summed E-state index contributed by atoms with van der Waals surface area (Å²) in [5.74, 6) is -0.657. The van der Waals surface area contributed by atoms with E-state index in [1.807, 2.05) is 42.5 Å². The number of hydrogen-bond acceptors (Lipinski definition) is 7. The zero-order valence-corrected chi connectivity index (χ0v) is 28.5. The average Bonchev–Trinajstić information content (AvgIpc) is 3.02. The third kappa shape index (κ3) is 11.6. The van der Waals surface area contributed by atoms with Crippen molar-refractivity contribution in [1.82, 2.24) is 4.90 Å². The summed E-state index contributed by atoms with van der Waals surface area (Å²) in [7, 11) is 0. The number of ether oxygens (including phenoxy) is 2. The summed E-state index contributed by atoms with van der Waals surface area (Å²) in [6.07, 6.45) is 7.65. The summed E-state index contributed by atoms with van der Waals surface area (Å²) < 4.78 is 11.0. The molecule has 3 N–H and O–H groups in total. The molecule has 10 heteroatoms. The number of nitrogens with two attached hydrogens (primary N) is 1. The molecule has 4 rings (SSSR count). The molecular weight excluding hydrogens is 665 g/mol. The van der Waals surface area contributed by atoms with Crippen LogP contribution in [0, 0.1) is 0 Å². The lowest BCUT2D eigenvalue weighted by molar-refractivity contribution is -0.141. The lowest BCUT2D eigenvalue weighted by atomic mass is 9.93. The number of rotatable bonds is 12. The van der Waals surface area contributed by atoms with Crippen molar-refractivity contribution in [3.63, 3.8) is 0 Å². The molecule has 0 aliphatic heterocycles. The number of anilines is 3. The second-order valence-corrected chi connectivity index (χ2v) is 12.3. The van der Waals surface area contributed by atoms with Crippen LogP contribution in [0.2, 0.25) is 10.0 Å². The van der Waals surface area contributed by atoms with Crippen LogP contribution in [0.25, 0.3) is 0 Å². The second-order valence-electron chi connectivity index (χ2n) is 10.7. The van der Waals surface area contributed by atoms with Gasteiger partial charge < -0.3 is 20.5 Å². The summed E-state index contributed by atoms with van der Waals surface area (Å²) >= 11 is 15.6. The Morgan fingerprint density at radius 1 is 0.955 bits per heavy atom. The van der Waals surface area contributed by atoms with Gasteiger partial charge in [-0.1, -0.05) is 73.7 Å². The monoisotopic (exact) mass is 705 g/mol. The van der Waals surface area contributed by atoms with Crippen LogP contribution in [-0.4, -0.2) is 42.6 Å². The Labute approximate surface area is 279 Å². The first kappa shape index (κ1) is 35.7. The number of esters is 2. The topological polar surface area (TPSA) is 93.9 Å². The fourth-order valence-corrected chi connectivity index (χ4v) is 6.03. The van der Waals surface area contributed by atoms with E-state index in [1.165, 1.54) is 39.0 Å². The van der Waals surface area contributed by atoms with Crippen LogP contribution in [0.5, 0.6) is 0 Å². The summed E-state index contributed by atoms with van der Waals surface area (Å²) in [5, 5.41) is 4.41. The number of halogens is 3. The number of carbonyl (C=O) groups is 2. The highest BCUT2D eigenvalue weighted by molar-refractivity contribution is 9.10. The molecule has 238 valence electrons. The van der Waals surface area contributed by atoms with Crippen molar-refractivity contribution >= 4 is 68.1 Å². The fraction of sp³-hybridized carbons (Fsp3) is 0.412. The number of unbranched alkanes of at least 4 members (excludes halogenated alkanes) is 1. The maximum Gasteiger partial charge on any atom is 0.338 e. The van der Waals surface area contributed by atoms with E-state index in [2.05, 4.69) is 33.1 Å². The van der Waals surface area contributed by atoms with Crippen LogP contribution in [0.4, 0.5) is 17.1 Å². The fourth-order valence-electron chi connectivity index (χ4n) is 5.04. The van der Waals surface area contributed by atoms with Gasteiger partial charge in [0.25, 0.3) is 0 Å². The van der Waals surface area contributed by atoms with Crippen LogP contribution in [0.3, 0.4) is 0 Å². The molecule has 1 fully saturated rings. The molecule has 0 bridgehead atoms. The van der Waals surface area contributed by atoms with Crippen LogP contribution in [0.1, 0.15) is 74.7 Å². The highest BCUT2D eigenvalue weighted by Gasteiger charge is 2.22. The Bertz CT molecular complexity index is 1330. The van der Waals surface area contributed by atoms with Crippen LogP contribution < -0.4 is 11.1 Å². The van der Waals surface area contributed by atoms with Crippen molar-refractivity contribution in [3.05, 3.63) is 86.3 Å². The molecule has 0 unspecified atom stereocenters. The Morgan fingerprint density at radius 2 is 1.59 bits per heavy atom. The number of para-hydroxylation sites is 2. The molecule has 0 heterocycles. The molecule has 1 aliphatic carbocycles. The van der Waals surface area contributed by atoms with Crippen molar-refractivity contribution in [3.8, 4) is 0 Å². The third-order valence-electron chi connectivity index (χ3n) is 7.40. The minimum atomic E-state index is -0.361. The van der Waals surface area contributed by atoms with Gasteiger partial charge in [0.15, 0.2) is 0 Å². The second kappa shape index (κ2) is 18.9. The van der Waals surface area contributed by atoms with E-state index in [4.69, 9.17) is 38.4 Å². The lowest BCUT2D eigenvalue weighted by Crippen LogP contribution is -2.36. The van der Waals surface area contributed by atoms with Gasteiger partial charge in [-0.15, -0.1) is 0 Å². The van der Waals surface area contributed by atoms with Gasteiger partial charge in [0.1, 0.15) is 0 Å². The maximum atomic E-state index is 12.5. The molecule has 1 saturated carbocycles. The smallest absolute Gasteiger partial charge is 0.338 e. The highest BCUT2D eigenvalue weighted by Crippen LogP contribution is 2.32. The molecule has 44 heavy (non-hydrogen) atoms. The molecule has 0 aromatic heterocycles. The molecule has 0 atom stereocenters. The molecule has 0 radical (unpaired) electrons. The molecule has 3 aromatic rings. The number of nitrogens with one attached hydrogen (secondary N) is 1. The lowest BCUT2D eigenvalue weighted by Gasteiger charge is -2.34. The van der Waals surface area contributed by atoms with Gasteiger partial charge >= 0.3 is 11.9 Å². The van der Waals surface area contributed by atoms with Crippen molar-refractivity contribution in [2.75, 3.05) is 30.8 Å². The molecular formula is C34H42BrCl2N3O4. The maximum absolute atomic E-state index is 12.5. The SMILES string of the molecule is CCN(Cc1cc(C(=O)OCCCCOC(C)=O)cc(Br)c1N)C1CCCCC1.Clc1cccc(Cl)c1Nc1ccccc1. The van der Waals surface area contributed by atoms with E-state index >= 15 is 0 Å². The zero-order valence-electron chi connectivity index (χ0n) is 25.4. The number of nitrogen functional groups attached to an aromatic ring is 1. The van der Waals surface area contributed by atoms with Crippen molar-refractivity contribution in [2.24, 2.45) is 0 Å². The standard InChI is InChI=1S/C22H33BrN2O4.C12H9Cl2N/c1-3-25(19-9-5-4-6-10-19)15-18-13-17(14-20(23)21(18)24)22(27)29-12-8-7-11-28-16(2)26;13-10-7-4-8-11(14)12(10)15-9-5-2-1-3-6-9/h13-14,19H,3-12,15,24H2,1-2H3;1-8,15H. The quantitative estimate of drug-likeness (QED) is 0.110. The molecule has 0 saturated heterocycles. The predicted molar refractivity (Wildman–Crippen MR) is 184 cm³/mol. The van der Waals surface area contributed by atoms with E-state index < -0.39 is 0 Å². The van der Waals surface area contributed by atoms with E-state index in [0.29, 0.717) is 53.4 Å². The molecule has 7 nitrogen and oxygen atoms in total. The van der Waals surface area contributed by atoms with Gasteiger partial charge in [0.05, 0.1) is 40.2 Å². The van der Waals surface area contributed by atoms with Crippen LogP contribution in [0.15, 0.2) is 65.1 Å². The summed E-state index contributed by atoms with van der Waals surface area (Å²) in [6.45, 7) is 5.88.